The first kappa shape index (κ1) is 15.9. The average molecular weight is 350 g/mol. The van der Waals surface area contributed by atoms with E-state index in [1.54, 1.807) is 42.2 Å². The van der Waals surface area contributed by atoms with Gasteiger partial charge in [-0.25, -0.2) is 14.4 Å². The number of halogens is 1. The summed E-state index contributed by atoms with van der Waals surface area (Å²) in [6.45, 7) is 0.464. The number of methoxy groups -OCH3 is 1. The summed E-state index contributed by atoms with van der Waals surface area (Å²) in [7, 11) is 1.58. The molecule has 0 saturated heterocycles. The largest absolute Gasteiger partial charge is 0.481 e. The molecule has 0 bridgehead atoms. The van der Waals surface area contributed by atoms with E-state index in [1.807, 2.05) is 12.1 Å². The van der Waals surface area contributed by atoms with E-state index in [2.05, 4.69) is 25.5 Å². The third-order valence-corrected chi connectivity index (χ3v) is 3.90. The van der Waals surface area contributed by atoms with Crippen LogP contribution in [-0.2, 0) is 6.54 Å². The second-order valence-corrected chi connectivity index (χ2v) is 5.53. The van der Waals surface area contributed by atoms with Gasteiger partial charge in [-0.15, -0.1) is 10.2 Å². The molecule has 8 heteroatoms. The van der Waals surface area contributed by atoms with Crippen LogP contribution in [-0.4, -0.2) is 31.7 Å². The zero-order valence-corrected chi connectivity index (χ0v) is 13.9. The van der Waals surface area contributed by atoms with Crippen LogP contribution in [0.2, 0.25) is 0 Å². The van der Waals surface area contributed by atoms with Crippen LogP contribution in [0.3, 0.4) is 0 Å². The minimum atomic E-state index is -0.324. The first-order valence-corrected chi connectivity index (χ1v) is 7.93. The lowest BCUT2D eigenvalue weighted by Gasteiger charge is -2.09. The molecular weight excluding hydrogens is 335 g/mol. The molecule has 0 aliphatic rings. The molecule has 0 fully saturated rings. The number of anilines is 1. The summed E-state index contributed by atoms with van der Waals surface area (Å²) in [6.07, 6.45) is 5.05. The highest BCUT2D eigenvalue weighted by atomic mass is 19.1. The van der Waals surface area contributed by atoms with Gasteiger partial charge in [0.1, 0.15) is 5.82 Å². The number of hydrogen-bond donors (Lipinski definition) is 1. The summed E-state index contributed by atoms with van der Waals surface area (Å²) in [5.41, 5.74) is 2.09. The van der Waals surface area contributed by atoms with Crippen molar-refractivity contribution in [2.45, 2.75) is 6.54 Å². The fourth-order valence-corrected chi connectivity index (χ4v) is 2.70. The van der Waals surface area contributed by atoms with Crippen molar-refractivity contribution in [1.29, 1.82) is 0 Å². The van der Waals surface area contributed by atoms with E-state index in [1.165, 1.54) is 12.1 Å². The van der Waals surface area contributed by atoms with E-state index in [0.29, 0.717) is 35.3 Å². The molecule has 3 heterocycles. The maximum absolute atomic E-state index is 13.5. The third-order valence-electron chi connectivity index (χ3n) is 3.90. The van der Waals surface area contributed by atoms with Crippen LogP contribution >= 0.6 is 0 Å². The van der Waals surface area contributed by atoms with Crippen molar-refractivity contribution in [3.8, 4) is 17.3 Å². The normalized spacial score (nSPS) is 10.8. The fourth-order valence-electron chi connectivity index (χ4n) is 2.70. The summed E-state index contributed by atoms with van der Waals surface area (Å²) in [5.74, 6) is 1.33. The number of aromatic nitrogens is 5. The van der Waals surface area contributed by atoms with E-state index in [-0.39, 0.29) is 5.82 Å². The number of nitrogens with one attached hydrogen (secondary N) is 1. The molecule has 130 valence electrons. The fraction of sp³-hybridized carbons (Fsp3) is 0.111. The minimum Gasteiger partial charge on any atom is -0.481 e. The topological polar surface area (TPSA) is 77.2 Å². The molecule has 1 aromatic carbocycles. The molecule has 3 aromatic heterocycles. The molecule has 4 aromatic rings. The van der Waals surface area contributed by atoms with Crippen LogP contribution in [0.1, 0.15) is 5.56 Å². The SMILES string of the molecule is COc1ncccc1CNc1nccn2c(-c3cccc(F)c3)nnc12. The molecule has 0 unspecified atom stereocenters. The predicted molar refractivity (Wildman–Crippen MR) is 94.3 cm³/mol. The van der Waals surface area contributed by atoms with Gasteiger partial charge in [0, 0.05) is 36.3 Å². The molecule has 0 aliphatic heterocycles. The van der Waals surface area contributed by atoms with Crippen LogP contribution in [0, 0.1) is 5.82 Å². The standard InChI is InChI=1S/C18H15FN6O/c1-26-18-13(5-3-7-21-18)11-22-15-17-24-23-16(25(17)9-8-20-15)12-4-2-6-14(19)10-12/h2-10H,11H2,1H3,(H,20,22). The summed E-state index contributed by atoms with van der Waals surface area (Å²) < 4.78 is 20.5. The second-order valence-electron chi connectivity index (χ2n) is 5.53. The highest BCUT2D eigenvalue weighted by Gasteiger charge is 2.13. The number of nitrogens with zero attached hydrogens (tertiary/aromatic N) is 5. The zero-order chi connectivity index (χ0) is 17.9. The summed E-state index contributed by atoms with van der Waals surface area (Å²) in [4.78, 5) is 8.50. The lowest BCUT2D eigenvalue weighted by atomic mass is 10.2. The number of ether oxygens (including phenoxy) is 1. The quantitative estimate of drug-likeness (QED) is 0.596. The lowest BCUT2D eigenvalue weighted by Crippen LogP contribution is -2.06. The number of rotatable bonds is 5. The van der Waals surface area contributed by atoms with Gasteiger partial charge >= 0.3 is 0 Å². The number of fused-ring (bicyclic) bond motifs is 1. The molecule has 0 amide bonds. The minimum absolute atomic E-state index is 0.324. The van der Waals surface area contributed by atoms with Crippen molar-refractivity contribution in [2.24, 2.45) is 0 Å². The van der Waals surface area contributed by atoms with Gasteiger partial charge in [-0.2, -0.15) is 0 Å². The maximum Gasteiger partial charge on any atom is 0.218 e. The van der Waals surface area contributed by atoms with Crippen LogP contribution in [0.15, 0.2) is 55.0 Å². The Bertz CT molecular complexity index is 1060. The van der Waals surface area contributed by atoms with Crippen molar-refractivity contribution < 1.29 is 9.13 Å². The highest BCUT2D eigenvalue weighted by molar-refractivity contribution is 5.67. The molecule has 26 heavy (non-hydrogen) atoms. The first-order chi connectivity index (χ1) is 12.8. The maximum atomic E-state index is 13.5. The Morgan fingerprint density at radius 2 is 2.04 bits per heavy atom. The smallest absolute Gasteiger partial charge is 0.218 e. The lowest BCUT2D eigenvalue weighted by molar-refractivity contribution is 0.393. The molecule has 0 spiro atoms. The van der Waals surface area contributed by atoms with Crippen molar-refractivity contribution in [3.63, 3.8) is 0 Å². The Morgan fingerprint density at radius 1 is 1.12 bits per heavy atom. The molecule has 1 N–H and O–H groups in total. The van der Waals surface area contributed by atoms with E-state index in [4.69, 9.17) is 4.74 Å². The average Bonchev–Trinajstić information content (AvgIpc) is 3.11. The first-order valence-electron chi connectivity index (χ1n) is 7.93. The summed E-state index contributed by atoms with van der Waals surface area (Å²) in [5, 5.41) is 11.6. The van der Waals surface area contributed by atoms with Gasteiger partial charge < -0.3 is 10.1 Å². The summed E-state index contributed by atoms with van der Waals surface area (Å²) >= 11 is 0. The Kier molecular flexibility index (Phi) is 4.14. The van der Waals surface area contributed by atoms with Crippen molar-refractivity contribution in [2.75, 3.05) is 12.4 Å². The van der Waals surface area contributed by atoms with Gasteiger partial charge in [-0.3, -0.25) is 4.40 Å². The van der Waals surface area contributed by atoms with Gasteiger partial charge in [0.05, 0.1) is 7.11 Å². The third kappa shape index (κ3) is 2.92. The predicted octanol–water partition coefficient (Wildman–Crippen LogP) is 2.95. The monoisotopic (exact) mass is 350 g/mol. The molecular formula is C18H15FN6O. The second kappa shape index (κ2) is 6.75. The molecule has 0 atom stereocenters. The van der Waals surface area contributed by atoms with E-state index in [9.17, 15) is 4.39 Å². The van der Waals surface area contributed by atoms with Crippen molar-refractivity contribution >= 4 is 11.5 Å². The number of benzene rings is 1. The highest BCUT2D eigenvalue weighted by Crippen LogP contribution is 2.22. The number of hydrogen-bond acceptors (Lipinski definition) is 6. The molecule has 7 nitrogen and oxygen atoms in total. The molecule has 0 aliphatic carbocycles. The van der Waals surface area contributed by atoms with Crippen molar-refractivity contribution in [1.82, 2.24) is 24.6 Å². The molecule has 0 radical (unpaired) electrons. The van der Waals surface area contributed by atoms with Crippen molar-refractivity contribution in [3.05, 3.63) is 66.4 Å². The van der Waals surface area contributed by atoms with Crippen LogP contribution in [0.4, 0.5) is 10.2 Å². The Labute approximate surface area is 148 Å². The summed E-state index contributed by atoms with van der Waals surface area (Å²) in [6, 6.07) is 10.00. The van der Waals surface area contributed by atoms with Gasteiger partial charge in [0.25, 0.3) is 0 Å². The van der Waals surface area contributed by atoms with Gasteiger partial charge in [0.15, 0.2) is 11.6 Å². The Balaban J connectivity index is 1.67. The van der Waals surface area contributed by atoms with E-state index in [0.717, 1.165) is 5.56 Å². The van der Waals surface area contributed by atoms with E-state index < -0.39 is 0 Å². The zero-order valence-electron chi connectivity index (χ0n) is 13.9. The van der Waals surface area contributed by atoms with Crippen LogP contribution < -0.4 is 10.1 Å². The van der Waals surface area contributed by atoms with Gasteiger partial charge in [-0.1, -0.05) is 18.2 Å². The number of pyridine rings is 1. The van der Waals surface area contributed by atoms with Crippen LogP contribution in [0.5, 0.6) is 5.88 Å². The molecule has 4 rings (SSSR count). The van der Waals surface area contributed by atoms with E-state index >= 15 is 0 Å². The van der Waals surface area contributed by atoms with Gasteiger partial charge in [-0.05, 0) is 18.2 Å². The van der Waals surface area contributed by atoms with Crippen LogP contribution in [0.25, 0.3) is 17.0 Å². The Hall–Kier alpha value is -3.55. The van der Waals surface area contributed by atoms with Gasteiger partial charge in [0.2, 0.25) is 11.5 Å². The Morgan fingerprint density at radius 3 is 2.88 bits per heavy atom. The molecule has 0 saturated carbocycles.